The van der Waals surface area contributed by atoms with Gasteiger partial charge in [0.1, 0.15) is 22.9 Å². The molecule has 0 saturated carbocycles. The van der Waals surface area contributed by atoms with Gasteiger partial charge in [-0.25, -0.2) is 9.37 Å². The van der Waals surface area contributed by atoms with Gasteiger partial charge in [-0.2, -0.15) is 0 Å². The Morgan fingerprint density at radius 2 is 2.00 bits per heavy atom. The van der Waals surface area contributed by atoms with E-state index < -0.39 is 23.3 Å². The number of anilines is 1. The minimum Gasteiger partial charge on any atom is -0.490 e. The van der Waals surface area contributed by atoms with Crippen LogP contribution in [0.25, 0.3) is 0 Å². The van der Waals surface area contributed by atoms with Crippen LogP contribution in [0.5, 0.6) is 5.88 Å². The number of rotatable bonds is 5. The first kappa shape index (κ1) is 26.0. The minimum absolute atomic E-state index is 0.0169. The summed E-state index contributed by atoms with van der Waals surface area (Å²) >= 11 is 0. The molecular weight excluding hydrogens is 517 g/mol. The topological polar surface area (TPSA) is 109 Å². The number of piperidine rings is 1. The Morgan fingerprint density at radius 3 is 2.73 bits per heavy atom. The maximum atomic E-state index is 15.4. The van der Waals surface area contributed by atoms with Crippen molar-refractivity contribution in [1.82, 2.24) is 9.88 Å². The summed E-state index contributed by atoms with van der Waals surface area (Å²) in [7, 11) is 0. The zero-order valence-electron chi connectivity index (χ0n) is 22.3. The number of allylic oxidation sites excluding steroid dienone is 3. The molecule has 2 bridgehead atoms. The van der Waals surface area contributed by atoms with Crippen LogP contribution in [-0.2, 0) is 14.3 Å². The highest BCUT2D eigenvalue weighted by atomic mass is 19.1. The van der Waals surface area contributed by atoms with Gasteiger partial charge in [-0.05, 0) is 62.1 Å². The Hall–Kier alpha value is -4.21. The van der Waals surface area contributed by atoms with E-state index in [-0.39, 0.29) is 42.4 Å². The average Bonchev–Trinajstić information content (AvgIpc) is 3.07. The fraction of sp³-hybridized carbons (Fsp3) is 0.400. The van der Waals surface area contributed by atoms with E-state index in [4.69, 9.17) is 9.47 Å². The smallest absolute Gasteiger partial charge is 0.307 e. The molecule has 40 heavy (non-hydrogen) atoms. The van der Waals surface area contributed by atoms with Crippen molar-refractivity contribution in [1.29, 1.82) is 0 Å². The minimum atomic E-state index is -0.965. The monoisotopic (exact) mass is 547 g/mol. The Bertz CT molecular complexity index is 1460. The molecule has 2 fully saturated rings. The van der Waals surface area contributed by atoms with Crippen LogP contribution in [0.4, 0.5) is 10.1 Å². The molecule has 1 aliphatic carbocycles. The normalized spacial score (nSPS) is 25.7. The number of aromatic nitrogens is 1. The first-order valence-electron chi connectivity index (χ1n) is 13.4. The van der Waals surface area contributed by atoms with Crippen LogP contribution >= 0.6 is 0 Å². The number of halogens is 1. The number of carboxylic acids is 1. The van der Waals surface area contributed by atoms with Crippen molar-refractivity contribution in [3.05, 3.63) is 77.0 Å². The third-order valence-corrected chi connectivity index (χ3v) is 8.33. The Balaban J connectivity index is 1.16. The van der Waals surface area contributed by atoms with Crippen molar-refractivity contribution in [3.8, 4) is 5.88 Å². The third kappa shape index (κ3) is 4.41. The van der Waals surface area contributed by atoms with Crippen LogP contribution in [-0.4, -0.2) is 64.1 Å². The molecule has 6 rings (SSSR count). The lowest BCUT2D eigenvalue weighted by atomic mass is 9.74. The number of hydrogen-bond acceptors (Lipinski definition) is 6. The molecular formula is C30H30FN3O6. The SMILES string of the molecule is Cc1cnc2c(c1)N(C1CCN(C(=O)c3ccc(C4C5=CC=C[C@@H]4[C@](C)(CC(=O)O)O5)cc3F)CC1)C(=O)CO2. The number of pyridine rings is 1. The van der Waals surface area contributed by atoms with Crippen molar-refractivity contribution < 1.29 is 33.4 Å². The van der Waals surface area contributed by atoms with Gasteiger partial charge in [0.05, 0.1) is 17.9 Å². The zero-order valence-corrected chi connectivity index (χ0v) is 22.3. The predicted molar refractivity (Wildman–Crippen MR) is 142 cm³/mol. The fourth-order valence-corrected chi connectivity index (χ4v) is 6.43. The van der Waals surface area contributed by atoms with Crippen LogP contribution in [0, 0.1) is 18.7 Å². The van der Waals surface area contributed by atoms with Crippen molar-refractivity contribution in [2.24, 2.45) is 5.92 Å². The first-order chi connectivity index (χ1) is 19.1. The molecule has 1 aromatic carbocycles. The van der Waals surface area contributed by atoms with E-state index in [9.17, 15) is 19.5 Å². The summed E-state index contributed by atoms with van der Waals surface area (Å²) in [5.41, 5.74) is 1.24. The number of likely N-dealkylation sites (tertiary alicyclic amines) is 1. The molecule has 9 nitrogen and oxygen atoms in total. The fourth-order valence-electron chi connectivity index (χ4n) is 6.43. The summed E-state index contributed by atoms with van der Waals surface area (Å²) in [6, 6.07) is 6.36. The number of amides is 2. The summed E-state index contributed by atoms with van der Waals surface area (Å²) in [6.07, 6.45) is 8.14. The summed E-state index contributed by atoms with van der Waals surface area (Å²) in [5.74, 6) is -1.70. The van der Waals surface area contributed by atoms with Gasteiger partial charge < -0.3 is 24.4 Å². The van der Waals surface area contributed by atoms with E-state index in [0.717, 1.165) is 5.56 Å². The van der Waals surface area contributed by atoms with Crippen molar-refractivity contribution in [2.75, 3.05) is 24.6 Å². The lowest BCUT2D eigenvalue weighted by molar-refractivity contribution is -0.142. The molecule has 1 N–H and O–H groups in total. The number of aliphatic carboxylic acids is 1. The van der Waals surface area contributed by atoms with E-state index in [0.29, 0.717) is 48.8 Å². The van der Waals surface area contributed by atoms with Crippen LogP contribution in [0.1, 0.15) is 53.6 Å². The number of carbonyl (C=O) groups excluding carboxylic acids is 2. The first-order valence-corrected chi connectivity index (χ1v) is 13.4. The summed E-state index contributed by atoms with van der Waals surface area (Å²) in [4.78, 5) is 45.2. The highest BCUT2D eigenvalue weighted by Gasteiger charge is 2.51. The van der Waals surface area contributed by atoms with Gasteiger partial charge in [0.25, 0.3) is 11.8 Å². The van der Waals surface area contributed by atoms with Crippen molar-refractivity contribution in [2.45, 2.75) is 50.7 Å². The maximum Gasteiger partial charge on any atom is 0.307 e. The van der Waals surface area contributed by atoms with Gasteiger partial charge in [0.2, 0.25) is 5.88 Å². The molecule has 10 heteroatoms. The molecule has 0 spiro atoms. The third-order valence-electron chi connectivity index (χ3n) is 8.33. The van der Waals surface area contributed by atoms with E-state index in [1.165, 1.54) is 12.1 Å². The average molecular weight is 548 g/mol. The second kappa shape index (κ2) is 9.76. The van der Waals surface area contributed by atoms with E-state index in [1.54, 1.807) is 35.1 Å². The molecule has 4 aliphatic rings. The molecule has 0 radical (unpaired) electrons. The highest BCUT2D eigenvalue weighted by molar-refractivity contribution is 5.98. The number of benzene rings is 1. The summed E-state index contributed by atoms with van der Waals surface area (Å²) in [5, 5.41) is 9.39. The van der Waals surface area contributed by atoms with E-state index >= 15 is 4.39 Å². The molecule has 3 aliphatic heterocycles. The number of nitrogens with zero attached hydrogens (tertiary/aromatic N) is 3. The van der Waals surface area contributed by atoms with Gasteiger partial charge in [-0.15, -0.1) is 0 Å². The van der Waals surface area contributed by atoms with Crippen LogP contribution in [0.3, 0.4) is 0 Å². The number of hydrogen-bond donors (Lipinski definition) is 1. The molecule has 4 heterocycles. The van der Waals surface area contributed by atoms with E-state index in [2.05, 4.69) is 4.98 Å². The second-order valence-electron chi connectivity index (χ2n) is 11.1. The number of carbonyl (C=O) groups is 3. The van der Waals surface area contributed by atoms with Crippen LogP contribution < -0.4 is 9.64 Å². The zero-order chi connectivity index (χ0) is 28.2. The highest BCUT2D eigenvalue weighted by Crippen LogP contribution is 2.52. The summed E-state index contributed by atoms with van der Waals surface area (Å²) < 4.78 is 26.9. The number of fused-ring (bicyclic) bond motifs is 3. The predicted octanol–water partition coefficient (Wildman–Crippen LogP) is 3.98. The Kier molecular flexibility index (Phi) is 6.35. The maximum absolute atomic E-state index is 15.4. The van der Waals surface area contributed by atoms with Crippen molar-refractivity contribution in [3.63, 3.8) is 0 Å². The lowest BCUT2D eigenvalue weighted by Gasteiger charge is -2.40. The van der Waals surface area contributed by atoms with Crippen LogP contribution in [0.2, 0.25) is 0 Å². The van der Waals surface area contributed by atoms with Gasteiger partial charge in [0.15, 0.2) is 6.61 Å². The number of ether oxygens (including phenoxy) is 2. The number of carboxylic acid groups (broad SMARTS) is 1. The second-order valence-corrected chi connectivity index (χ2v) is 11.1. The molecule has 2 amide bonds. The van der Waals surface area contributed by atoms with Gasteiger partial charge in [0, 0.05) is 31.2 Å². The van der Waals surface area contributed by atoms with Gasteiger partial charge in [-0.3, -0.25) is 14.4 Å². The molecule has 3 atom stereocenters. The quantitative estimate of drug-likeness (QED) is 0.603. The van der Waals surface area contributed by atoms with Gasteiger partial charge >= 0.3 is 5.97 Å². The number of aryl methyl sites for hydroxylation is 1. The van der Waals surface area contributed by atoms with Crippen LogP contribution in [0.15, 0.2) is 54.4 Å². The lowest BCUT2D eigenvalue weighted by Crippen LogP contribution is -2.51. The largest absolute Gasteiger partial charge is 0.490 e. The molecule has 2 saturated heterocycles. The standard InChI is InChI=1S/C30H30FN3O6/c1-17-12-23-28(32-15-17)39-16-25(35)34(23)19-8-10-33(11-9-19)29(38)20-7-6-18(13-22(20)31)27-21-4-3-5-24(27)40-30(21,2)14-26(36)37/h3-7,12-13,15,19,21,27H,8-11,14,16H2,1-2H3,(H,36,37)/t21-,27?,30-/m0/s1. The molecule has 208 valence electrons. The molecule has 1 unspecified atom stereocenters. The Morgan fingerprint density at radius 1 is 1.23 bits per heavy atom. The van der Waals surface area contributed by atoms with Gasteiger partial charge in [-0.1, -0.05) is 18.2 Å². The van der Waals surface area contributed by atoms with E-state index in [1.807, 2.05) is 25.1 Å². The molecule has 2 aromatic rings. The Labute approximate surface area is 230 Å². The molecule has 1 aromatic heterocycles. The van der Waals surface area contributed by atoms with Crippen molar-refractivity contribution >= 4 is 23.5 Å². The summed E-state index contributed by atoms with van der Waals surface area (Å²) in [6.45, 7) is 4.35.